The molecule has 0 saturated carbocycles. The maximum Gasteiger partial charge on any atom is 0.304 e. The highest BCUT2D eigenvalue weighted by atomic mass is 19.1. The van der Waals surface area contributed by atoms with Crippen LogP contribution in [0.15, 0.2) is 30.5 Å². The second-order valence-corrected chi connectivity index (χ2v) is 3.36. The molecule has 1 heterocycles. The molecule has 1 aromatic heterocycles. The quantitative estimate of drug-likeness (QED) is 0.628. The lowest BCUT2D eigenvalue weighted by Crippen LogP contribution is -2.01. The summed E-state index contributed by atoms with van der Waals surface area (Å²) in [7, 11) is 0. The Balaban J connectivity index is 2.07. The van der Waals surface area contributed by atoms with Crippen LogP contribution in [0.1, 0.15) is 5.69 Å². The van der Waals surface area contributed by atoms with Crippen molar-refractivity contribution in [3.05, 3.63) is 52.1 Å². The summed E-state index contributed by atoms with van der Waals surface area (Å²) in [5, 5.41) is 19.8. The summed E-state index contributed by atoms with van der Waals surface area (Å²) < 4.78 is 13.3. The summed E-state index contributed by atoms with van der Waals surface area (Å²) in [6, 6.07) is 5.45. The molecule has 6 nitrogen and oxygen atoms in total. The average Bonchev–Trinajstić information content (AvgIpc) is 2.78. The van der Waals surface area contributed by atoms with Gasteiger partial charge in [-0.1, -0.05) is 0 Å². The van der Waals surface area contributed by atoms with Crippen molar-refractivity contribution >= 4 is 11.4 Å². The van der Waals surface area contributed by atoms with E-state index in [2.05, 4.69) is 15.5 Å². The Hall–Kier alpha value is -2.44. The largest absolute Gasteiger partial charge is 0.379 e. The first-order chi connectivity index (χ1) is 8.16. The molecule has 0 fully saturated rings. The standard InChI is InChI=1S/C10H9FN4O2/c11-9-5-7(1-2-10(9)15(16)17)12-6-8-3-4-13-14-8/h1-5,12H,6H2,(H,13,14). The summed E-state index contributed by atoms with van der Waals surface area (Å²) in [6.07, 6.45) is 1.60. The third kappa shape index (κ3) is 2.57. The van der Waals surface area contributed by atoms with Gasteiger partial charge in [-0.25, -0.2) is 0 Å². The van der Waals surface area contributed by atoms with Crippen LogP contribution in [0.3, 0.4) is 0 Å². The van der Waals surface area contributed by atoms with Gasteiger partial charge in [0.25, 0.3) is 0 Å². The highest BCUT2D eigenvalue weighted by Crippen LogP contribution is 2.20. The molecule has 0 bridgehead atoms. The van der Waals surface area contributed by atoms with E-state index in [-0.39, 0.29) is 0 Å². The van der Waals surface area contributed by atoms with Gasteiger partial charge in [0, 0.05) is 24.0 Å². The fourth-order valence-corrected chi connectivity index (χ4v) is 1.35. The number of hydrogen-bond donors (Lipinski definition) is 2. The number of halogens is 1. The topological polar surface area (TPSA) is 83.8 Å². The van der Waals surface area contributed by atoms with Crippen LogP contribution in [-0.4, -0.2) is 15.1 Å². The monoisotopic (exact) mass is 236 g/mol. The number of nitro benzene ring substituents is 1. The smallest absolute Gasteiger partial charge is 0.304 e. The molecular formula is C10H9FN4O2. The maximum absolute atomic E-state index is 13.3. The minimum Gasteiger partial charge on any atom is -0.379 e. The van der Waals surface area contributed by atoms with Crippen LogP contribution >= 0.6 is 0 Å². The van der Waals surface area contributed by atoms with Gasteiger partial charge in [-0.3, -0.25) is 15.2 Å². The van der Waals surface area contributed by atoms with Crippen LogP contribution in [0.25, 0.3) is 0 Å². The van der Waals surface area contributed by atoms with Crippen LogP contribution in [0.5, 0.6) is 0 Å². The van der Waals surface area contributed by atoms with Crippen LogP contribution in [-0.2, 0) is 6.54 Å². The molecule has 2 aromatic rings. The van der Waals surface area contributed by atoms with Crippen molar-refractivity contribution < 1.29 is 9.31 Å². The van der Waals surface area contributed by atoms with E-state index < -0.39 is 16.4 Å². The lowest BCUT2D eigenvalue weighted by molar-refractivity contribution is -0.387. The van der Waals surface area contributed by atoms with E-state index in [9.17, 15) is 14.5 Å². The first-order valence-electron chi connectivity index (χ1n) is 4.83. The fourth-order valence-electron chi connectivity index (χ4n) is 1.35. The van der Waals surface area contributed by atoms with Crippen LogP contribution < -0.4 is 5.32 Å². The van der Waals surface area contributed by atoms with Gasteiger partial charge in [0.2, 0.25) is 5.82 Å². The molecule has 1 aromatic carbocycles. The van der Waals surface area contributed by atoms with Gasteiger partial charge in [-0.05, 0) is 12.1 Å². The van der Waals surface area contributed by atoms with Gasteiger partial charge in [0.05, 0.1) is 17.2 Å². The minimum atomic E-state index is -0.857. The molecule has 88 valence electrons. The fraction of sp³-hybridized carbons (Fsp3) is 0.100. The first kappa shape index (κ1) is 11.1. The molecular weight excluding hydrogens is 227 g/mol. The molecule has 2 N–H and O–H groups in total. The molecule has 2 rings (SSSR count). The maximum atomic E-state index is 13.3. The molecule has 0 spiro atoms. The number of hydrogen-bond acceptors (Lipinski definition) is 4. The first-order valence-corrected chi connectivity index (χ1v) is 4.83. The summed E-state index contributed by atoms with van der Waals surface area (Å²) in [6.45, 7) is 0.442. The van der Waals surface area contributed by atoms with Crippen LogP contribution in [0.2, 0.25) is 0 Å². The van der Waals surface area contributed by atoms with Crippen molar-refractivity contribution in [3.63, 3.8) is 0 Å². The highest BCUT2D eigenvalue weighted by molar-refractivity contribution is 5.49. The van der Waals surface area contributed by atoms with Crippen LogP contribution in [0.4, 0.5) is 15.8 Å². The zero-order valence-electron chi connectivity index (χ0n) is 8.68. The van der Waals surface area contributed by atoms with E-state index in [4.69, 9.17) is 0 Å². The number of benzene rings is 1. The molecule has 0 aliphatic carbocycles. The Morgan fingerprint density at radius 3 is 2.88 bits per heavy atom. The second-order valence-electron chi connectivity index (χ2n) is 3.36. The van der Waals surface area contributed by atoms with Crippen molar-refractivity contribution in [1.29, 1.82) is 0 Å². The van der Waals surface area contributed by atoms with E-state index >= 15 is 0 Å². The lowest BCUT2D eigenvalue weighted by Gasteiger charge is -2.04. The third-order valence-electron chi connectivity index (χ3n) is 2.19. The van der Waals surface area contributed by atoms with Crippen molar-refractivity contribution in [2.75, 3.05) is 5.32 Å². The van der Waals surface area contributed by atoms with Crippen LogP contribution in [0, 0.1) is 15.9 Å². The Bertz CT molecular complexity index is 527. The average molecular weight is 236 g/mol. The van der Waals surface area contributed by atoms with Crippen molar-refractivity contribution in [3.8, 4) is 0 Å². The summed E-state index contributed by atoms with van der Waals surface area (Å²) in [5.41, 5.74) is 0.781. The number of H-pyrrole nitrogens is 1. The Labute approximate surface area is 95.6 Å². The molecule has 0 atom stereocenters. The summed E-state index contributed by atoms with van der Waals surface area (Å²) in [5.74, 6) is -0.857. The molecule has 0 aliphatic heterocycles. The number of anilines is 1. The zero-order chi connectivity index (χ0) is 12.3. The molecule has 0 radical (unpaired) electrons. The molecule has 17 heavy (non-hydrogen) atoms. The highest BCUT2D eigenvalue weighted by Gasteiger charge is 2.13. The van der Waals surface area contributed by atoms with Gasteiger partial charge in [-0.2, -0.15) is 9.49 Å². The van der Waals surface area contributed by atoms with Gasteiger partial charge in [0.15, 0.2) is 0 Å². The number of aromatic nitrogens is 2. The molecule has 0 unspecified atom stereocenters. The Morgan fingerprint density at radius 2 is 2.29 bits per heavy atom. The van der Waals surface area contributed by atoms with Crippen molar-refractivity contribution in [2.24, 2.45) is 0 Å². The van der Waals surface area contributed by atoms with Crippen molar-refractivity contribution in [1.82, 2.24) is 10.2 Å². The van der Waals surface area contributed by atoms with Gasteiger partial charge in [0.1, 0.15) is 0 Å². The predicted octanol–water partition coefficient (Wildman–Crippen LogP) is 2.07. The van der Waals surface area contributed by atoms with E-state index in [0.717, 1.165) is 17.8 Å². The third-order valence-corrected chi connectivity index (χ3v) is 2.19. The number of nitro groups is 1. The summed E-state index contributed by atoms with van der Waals surface area (Å²) >= 11 is 0. The molecule has 0 amide bonds. The lowest BCUT2D eigenvalue weighted by atomic mass is 10.2. The molecule has 0 aliphatic rings. The zero-order valence-corrected chi connectivity index (χ0v) is 8.68. The SMILES string of the molecule is O=[N+]([O-])c1ccc(NCc2ccn[nH]2)cc1F. The second kappa shape index (κ2) is 4.60. The number of rotatable bonds is 4. The number of nitrogens with one attached hydrogen (secondary N) is 2. The van der Waals surface area contributed by atoms with Crippen molar-refractivity contribution in [2.45, 2.75) is 6.54 Å². The van der Waals surface area contributed by atoms with E-state index in [1.165, 1.54) is 6.07 Å². The normalized spacial score (nSPS) is 10.2. The number of aromatic amines is 1. The number of nitrogens with zero attached hydrogens (tertiary/aromatic N) is 2. The Morgan fingerprint density at radius 1 is 1.47 bits per heavy atom. The van der Waals surface area contributed by atoms with E-state index in [1.807, 2.05) is 0 Å². The molecule has 7 heteroatoms. The summed E-state index contributed by atoms with van der Waals surface area (Å²) in [4.78, 5) is 9.65. The van der Waals surface area contributed by atoms with E-state index in [0.29, 0.717) is 12.2 Å². The Kier molecular flexibility index (Phi) is 2.99. The minimum absolute atomic E-state index is 0.442. The van der Waals surface area contributed by atoms with E-state index in [1.54, 1.807) is 12.3 Å². The predicted molar refractivity (Wildman–Crippen MR) is 59.0 cm³/mol. The molecule has 0 saturated heterocycles. The van der Waals surface area contributed by atoms with Gasteiger partial charge < -0.3 is 5.32 Å². The van der Waals surface area contributed by atoms with Gasteiger partial charge in [-0.15, -0.1) is 0 Å². The van der Waals surface area contributed by atoms with Gasteiger partial charge >= 0.3 is 5.69 Å².